The van der Waals surface area contributed by atoms with Crippen LogP contribution in [-0.2, 0) is 0 Å². The molecule has 0 heterocycles. The summed E-state index contributed by atoms with van der Waals surface area (Å²) >= 11 is 2.89. The van der Waals surface area contributed by atoms with Crippen LogP contribution in [-0.4, -0.2) is 4.92 Å². The molecule has 3 nitrogen and oxygen atoms in total. The summed E-state index contributed by atoms with van der Waals surface area (Å²) in [4.78, 5) is 9.72. The standard InChI is InChI=1S/C7H5BrFNO2/c1-4-2-5(10(11)12)3-6(8)7(4)9/h2-3H,1H3. The van der Waals surface area contributed by atoms with Crippen molar-refractivity contribution in [2.24, 2.45) is 0 Å². The van der Waals surface area contributed by atoms with E-state index in [-0.39, 0.29) is 15.7 Å². The monoisotopic (exact) mass is 233 g/mol. The van der Waals surface area contributed by atoms with Crippen molar-refractivity contribution in [3.63, 3.8) is 0 Å². The summed E-state index contributed by atoms with van der Waals surface area (Å²) in [6.07, 6.45) is 0. The summed E-state index contributed by atoms with van der Waals surface area (Å²) in [5.41, 5.74) is 0.150. The van der Waals surface area contributed by atoms with E-state index < -0.39 is 10.7 Å². The lowest BCUT2D eigenvalue weighted by atomic mass is 10.2. The fourth-order valence-corrected chi connectivity index (χ4v) is 1.36. The van der Waals surface area contributed by atoms with E-state index in [1.807, 2.05) is 0 Å². The maximum atomic E-state index is 12.9. The van der Waals surface area contributed by atoms with Crippen LogP contribution in [0.15, 0.2) is 16.6 Å². The molecule has 0 fully saturated rings. The number of nitrogens with zero attached hydrogens (tertiary/aromatic N) is 1. The zero-order valence-corrected chi connectivity index (χ0v) is 7.76. The van der Waals surface area contributed by atoms with E-state index in [0.717, 1.165) is 6.07 Å². The molecule has 0 aliphatic rings. The van der Waals surface area contributed by atoms with E-state index in [9.17, 15) is 14.5 Å². The summed E-state index contributed by atoms with van der Waals surface area (Å²) in [5, 5.41) is 10.3. The normalized spacial score (nSPS) is 9.92. The van der Waals surface area contributed by atoms with Crippen molar-refractivity contribution in [1.29, 1.82) is 0 Å². The van der Waals surface area contributed by atoms with Crippen molar-refractivity contribution in [3.05, 3.63) is 38.1 Å². The van der Waals surface area contributed by atoms with Crippen LogP contribution >= 0.6 is 15.9 Å². The fourth-order valence-electron chi connectivity index (χ4n) is 0.814. The number of hydrogen-bond acceptors (Lipinski definition) is 2. The van der Waals surface area contributed by atoms with Gasteiger partial charge >= 0.3 is 0 Å². The van der Waals surface area contributed by atoms with Gasteiger partial charge in [0.15, 0.2) is 0 Å². The van der Waals surface area contributed by atoms with E-state index in [0.29, 0.717) is 0 Å². The second-order valence-corrected chi connectivity index (χ2v) is 3.17. The summed E-state index contributed by atoms with van der Waals surface area (Å²) in [6, 6.07) is 2.34. The van der Waals surface area contributed by atoms with Crippen molar-refractivity contribution in [2.75, 3.05) is 0 Å². The van der Waals surface area contributed by atoms with Gasteiger partial charge in [0.1, 0.15) is 5.82 Å². The van der Waals surface area contributed by atoms with Gasteiger partial charge in [0.05, 0.1) is 9.40 Å². The van der Waals surface area contributed by atoms with Crippen molar-refractivity contribution >= 4 is 21.6 Å². The number of aryl methyl sites for hydroxylation is 1. The molecule has 0 amide bonds. The average molecular weight is 234 g/mol. The maximum absolute atomic E-state index is 12.9. The number of nitro groups is 1. The molecule has 0 aliphatic heterocycles. The zero-order chi connectivity index (χ0) is 9.30. The fraction of sp³-hybridized carbons (Fsp3) is 0.143. The molecule has 0 radical (unpaired) electrons. The molecule has 12 heavy (non-hydrogen) atoms. The van der Waals surface area contributed by atoms with Crippen molar-refractivity contribution in [3.8, 4) is 0 Å². The average Bonchev–Trinajstić information content (AvgIpc) is 1.99. The Bertz CT molecular complexity index is 317. The Hall–Kier alpha value is -0.970. The van der Waals surface area contributed by atoms with Crippen LogP contribution in [0.25, 0.3) is 0 Å². The first kappa shape index (κ1) is 9.12. The zero-order valence-electron chi connectivity index (χ0n) is 6.17. The highest BCUT2D eigenvalue weighted by Gasteiger charge is 2.11. The largest absolute Gasteiger partial charge is 0.271 e. The Morgan fingerprint density at radius 2 is 2.17 bits per heavy atom. The molecule has 0 N–H and O–H groups in total. The van der Waals surface area contributed by atoms with Gasteiger partial charge < -0.3 is 0 Å². The SMILES string of the molecule is Cc1cc([N+](=O)[O-])cc(Br)c1F. The molecule has 0 atom stereocenters. The Balaban J connectivity index is 3.31. The van der Waals surface area contributed by atoms with Gasteiger partial charge in [0, 0.05) is 12.1 Å². The van der Waals surface area contributed by atoms with E-state index in [4.69, 9.17) is 0 Å². The van der Waals surface area contributed by atoms with Gasteiger partial charge in [-0.25, -0.2) is 4.39 Å². The van der Waals surface area contributed by atoms with Crippen molar-refractivity contribution < 1.29 is 9.31 Å². The Morgan fingerprint density at radius 3 is 2.58 bits per heavy atom. The number of rotatable bonds is 1. The van der Waals surface area contributed by atoms with Crippen LogP contribution in [0.4, 0.5) is 10.1 Å². The number of halogens is 2. The topological polar surface area (TPSA) is 43.1 Å². The molecule has 1 aromatic rings. The van der Waals surface area contributed by atoms with Gasteiger partial charge in [-0.3, -0.25) is 10.1 Å². The van der Waals surface area contributed by atoms with Crippen molar-refractivity contribution in [2.45, 2.75) is 6.92 Å². The van der Waals surface area contributed by atoms with Crippen molar-refractivity contribution in [1.82, 2.24) is 0 Å². The van der Waals surface area contributed by atoms with Gasteiger partial charge in [-0.15, -0.1) is 0 Å². The van der Waals surface area contributed by atoms with E-state index in [2.05, 4.69) is 15.9 Å². The number of benzene rings is 1. The first-order valence-electron chi connectivity index (χ1n) is 3.12. The molecular weight excluding hydrogens is 229 g/mol. The molecule has 64 valence electrons. The molecule has 0 bridgehead atoms. The van der Waals surface area contributed by atoms with Gasteiger partial charge in [-0.1, -0.05) is 0 Å². The second-order valence-electron chi connectivity index (χ2n) is 2.32. The Labute approximate surface area is 76.5 Å². The van der Waals surface area contributed by atoms with Gasteiger partial charge in [-0.05, 0) is 28.4 Å². The number of hydrogen-bond donors (Lipinski definition) is 0. The molecular formula is C7H5BrFNO2. The summed E-state index contributed by atoms with van der Waals surface area (Å²) in [5.74, 6) is -0.458. The molecule has 0 aromatic heterocycles. The van der Waals surface area contributed by atoms with E-state index in [1.54, 1.807) is 0 Å². The summed E-state index contributed by atoms with van der Waals surface area (Å²) in [6.45, 7) is 1.48. The van der Waals surface area contributed by atoms with Crippen LogP contribution in [0, 0.1) is 22.9 Å². The van der Waals surface area contributed by atoms with Crippen LogP contribution in [0.5, 0.6) is 0 Å². The lowest BCUT2D eigenvalue weighted by Gasteiger charge is -1.98. The Kier molecular flexibility index (Phi) is 2.42. The molecule has 0 saturated heterocycles. The number of nitro benzene ring substituents is 1. The smallest absolute Gasteiger partial charge is 0.258 e. The van der Waals surface area contributed by atoms with Crippen LogP contribution < -0.4 is 0 Å². The maximum Gasteiger partial charge on any atom is 0.271 e. The van der Waals surface area contributed by atoms with Crippen LogP contribution in [0.1, 0.15) is 5.56 Å². The van der Waals surface area contributed by atoms with Gasteiger partial charge in [0.2, 0.25) is 0 Å². The van der Waals surface area contributed by atoms with Crippen LogP contribution in [0.2, 0.25) is 0 Å². The van der Waals surface area contributed by atoms with Gasteiger partial charge in [0.25, 0.3) is 5.69 Å². The summed E-state index contributed by atoms with van der Waals surface area (Å²) in [7, 11) is 0. The Morgan fingerprint density at radius 1 is 1.58 bits per heavy atom. The third kappa shape index (κ3) is 1.61. The highest BCUT2D eigenvalue weighted by molar-refractivity contribution is 9.10. The first-order chi connectivity index (χ1) is 5.52. The minimum Gasteiger partial charge on any atom is -0.258 e. The van der Waals surface area contributed by atoms with Crippen LogP contribution in [0.3, 0.4) is 0 Å². The first-order valence-corrected chi connectivity index (χ1v) is 3.91. The molecule has 0 spiro atoms. The molecule has 5 heteroatoms. The quantitative estimate of drug-likeness (QED) is 0.553. The molecule has 0 unspecified atom stereocenters. The molecule has 1 aromatic carbocycles. The predicted molar refractivity (Wildman–Crippen MR) is 45.5 cm³/mol. The van der Waals surface area contributed by atoms with E-state index in [1.165, 1.54) is 13.0 Å². The van der Waals surface area contributed by atoms with E-state index >= 15 is 0 Å². The second kappa shape index (κ2) is 3.18. The lowest BCUT2D eigenvalue weighted by molar-refractivity contribution is -0.385. The van der Waals surface area contributed by atoms with Gasteiger partial charge in [-0.2, -0.15) is 0 Å². The molecule has 0 saturated carbocycles. The highest BCUT2D eigenvalue weighted by Crippen LogP contribution is 2.24. The third-order valence-electron chi connectivity index (χ3n) is 1.41. The number of non-ortho nitro benzene ring substituents is 1. The minimum atomic E-state index is -0.558. The third-order valence-corrected chi connectivity index (χ3v) is 1.98. The predicted octanol–water partition coefficient (Wildman–Crippen LogP) is 2.80. The molecule has 1 rings (SSSR count). The molecule has 0 aliphatic carbocycles. The highest BCUT2D eigenvalue weighted by atomic mass is 79.9. The summed E-state index contributed by atoms with van der Waals surface area (Å²) < 4.78 is 13.0. The lowest BCUT2D eigenvalue weighted by Crippen LogP contribution is -1.91. The minimum absolute atomic E-state index is 0.110.